The average molecular weight is 466 g/mol. The van der Waals surface area contributed by atoms with E-state index in [1.165, 1.54) is 60.7 Å². The third-order valence-corrected chi connectivity index (χ3v) is 7.95. The van der Waals surface area contributed by atoms with Gasteiger partial charge in [-0.15, -0.1) is 0 Å². The van der Waals surface area contributed by atoms with Crippen molar-refractivity contribution in [2.75, 3.05) is 0 Å². The van der Waals surface area contributed by atoms with Gasteiger partial charge < -0.3 is 8.98 Å². The molecular weight excluding hydrogens is 438 g/mol. The number of hydrogen-bond donors (Lipinski definition) is 0. The Balaban J connectivity index is 1.48. The lowest BCUT2D eigenvalue weighted by atomic mass is 9.80. The summed E-state index contributed by atoms with van der Waals surface area (Å²) in [7, 11) is 0. The topological polar surface area (TPSA) is 18.1 Å². The van der Waals surface area contributed by atoms with E-state index in [2.05, 4.69) is 111 Å². The molecule has 0 atom stereocenters. The molecule has 36 heavy (non-hydrogen) atoms. The highest BCUT2D eigenvalue weighted by molar-refractivity contribution is 6.09. The molecule has 0 saturated heterocycles. The number of furan rings is 1. The molecule has 0 amide bonds. The van der Waals surface area contributed by atoms with Crippen molar-refractivity contribution in [3.63, 3.8) is 0 Å². The van der Waals surface area contributed by atoms with Crippen molar-refractivity contribution in [1.82, 2.24) is 4.57 Å². The van der Waals surface area contributed by atoms with E-state index in [-0.39, 0.29) is 5.41 Å². The lowest BCUT2D eigenvalue weighted by Gasteiger charge is -2.23. The van der Waals surface area contributed by atoms with Crippen LogP contribution < -0.4 is 0 Å². The Labute approximate surface area is 210 Å². The first kappa shape index (κ1) is 21.0. The van der Waals surface area contributed by atoms with Crippen molar-refractivity contribution in [2.24, 2.45) is 0 Å². The minimum Gasteiger partial charge on any atom is -0.456 e. The molecule has 174 valence electrons. The summed E-state index contributed by atoms with van der Waals surface area (Å²) >= 11 is 0. The fraction of sp³-hybridized carbons (Fsp3) is 0.118. The molecule has 0 saturated carbocycles. The Hall–Kier alpha value is -4.30. The molecule has 0 bridgehead atoms. The van der Waals surface area contributed by atoms with Crippen molar-refractivity contribution in [3.8, 4) is 16.8 Å². The van der Waals surface area contributed by atoms with Gasteiger partial charge in [0.05, 0.1) is 11.0 Å². The highest BCUT2D eigenvalue weighted by Gasteiger charge is 2.38. The predicted octanol–water partition coefficient (Wildman–Crippen LogP) is 9.34. The second kappa shape index (κ2) is 7.35. The van der Waals surface area contributed by atoms with Crippen molar-refractivity contribution >= 4 is 38.9 Å². The molecule has 6 aromatic rings. The zero-order valence-electron chi connectivity index (χ0n) is 20.8. The summed E-state index contributed by atoms with van der Waals surface area (Å²) in [6.45, 7) is 10.7. The van der Waals surface area contributed by atoms with E-state index in [9.17, 15) is 0 Å². The van der Waals surface area contributed by atoms with Gasteiger partial charge in [-0.25, -0.2) is 0 Å². The highest BCUT2D eigenvalue weighted by Crippen LogP contribution is 2.53. The number of benzene rings is 4. The van der Waals surface area contributed by atoms with Crippen LogP contribution in [0.2, 0.25) is 0 Å². The number of fused-ring (bicyclic) bond motifs is 8. The number of allylic oxidation sites excluding steroid dienone is 2. The van der Waals surface area contributed by atoms with Gasteiger partial charge in [-0.05, 0) is 65.6 Å². The Morgan fingerprint density at radius 2 is 1.50 bits per heavy atom. The largest absolute Gasteiger partial charge is 0.456 e. The molecule has 4 aromatic carbocycles. The Morgan fingerprint density at radius 1 is 0.833 bits per heavy atom. The number of aryl methyl sites for hydroxylation is 1. The van der Waals surface area contributed by atoms with Crippen molar-refractivity contribution < 1.29 is 4.42 Å². The van der Waals surface area contributed by atoms with Crippen LogP contribution in [-0.4, -0.2) is 4.57 Å². The number of nitrogens with zero attached hydrogens (tertiary/aromatic N) is 1. The van der Waals surface area contributed by atoms with Gasteiger partial charge in [0, 0.05) is 32.8 Å². The maximum Gasteiger partial charge on any atom is 0.135 e. The fourth-order valence-corrected chi connectivity index (χ4v) is 6.31. The van der Waals surface area contributed by atoms with Crippen LogP contribution in [0.25, 0.3) is 55.7 Å². The molecule has 2 nitrogen and oxygen atoms in total. The summed E-state index contributed by atoms with van der Waals surface area (Å²) in [6, 6.07) is 28.7. The zero-order valence-corrected chi connectivity index (χ0v) is 20.8. The van der Waals surface area contributed by atoms with Gasteiger partial charge in [-0.3, -0.25) is 0 Å². The standard InChI is InChI=1S/C34H27NO/c1-5-6-15-30-21(2)32-31(36-30)19-18-26-23-17-16-22(20-27(23)34(3,4)33(26)32)35-28-13-9-7-11-24(28)25-12-8-10-14-29(25)35/h5-20H,1H2,2-4H3/b15-6-. The monoisotopic (exact) mass is 465 g/mol. The second-order valence-corrected chi connectivity index (χ2v) is 10.3. The van der Waals surface area contributed by atoms with Crippen LogP contribution in [0, 0.1) is 6.92 Å². The molecular formula is C34H27NO. The van der Waals surface area contributed by atoms with Crippen LogP contribution in [-0.2, 0) is 5.41 Å². The number of aromatic nitrogens is 1. The van der Waals surface area contributed by atoms with E-state index < -0.39 is 0 Å². The van der Waals surface area contributed by atoms with Crippen LogP contribution in [0.4, 0.5) is 0 Å². The van der Waals surface area contributed by atoms with Gasteiger partial charge in [0.1, 0.15) is 11.3 Å². The minimum absolute atomic E-state index is 0.160. The van der Waals surface area contributed by atoms with Crippen LogP contribution in [0.5, 0.6) is 0 Å². The molecule has 0 radical (unpaired) electrons. The van der Waals surface area contributed by atoms with E-state index in [0.717, 1.165) is 11.3 Å². The molecule has 2 heteroatoms. The van der Waals surface area contributed by atoms with Gasteiger partial charge in [0.25, 0.3) is 0 Å². The summed E-state index contributed by atoms with van der Waals surface area (Å²) in [5, 5.41) is 3.80. The highest BCUT2D eigenvalue weighted by atomic mass is 16.3. The van der Waals surface area contributed by atoms with Crippen molar-refractivity contribution in [3.05, 3.63) is 120 Å². The molecule has 0 aliphatic heterocycles. The average Bonchev–Trinajstić information content (AvgIpc) is 3.48. The lowest BCUT2D eigenvalue weighted by molar-refractivity contribution is 0.600. The summed E-state index contributed by atoms with van der Waals surface area (Å²) < 4.78 is 8.66. The summed E-state index contributed by atoms with van der Waals surface area (Å²) in [5.74, 6) is 0.899. The van der Waals surface area contributed by atoms with E-state index in [0.29, 0.717) is 0 Å². The predicted molar refractivity (Wildman–Crippen MR) is 152 cm³/mol. The van der Waals surface area contributed by atoms with Crippen LogP contribution in [0.3, 0.4) is 0 Å². The maximum absolute atomic E-state index is 6.26. The quantitative estimate of drug-likeness (QED) is 0.238. The fourth-order valence-electron chi connectivity index (χ4n) is 6.31. The molecule has 0 unspecified atom stereocenters. The first-order valence-electron chi connectivity index (χ1n) is 12.5. The van der Waals surface area contributed by atoms with E-state index in [4.69, 9.17) is 4.42 Å². The first-order chi connectivity index (χ1) is 17.5. The molecule has 7 rings (SSSR count). The Kier molecular flexibility index (Phi) is 4.29. The van der Waals surface area contributed by atoms with E-state index >= 15 is 0 Å². The van der Waals surface area contributed by atoms with Crippen LogP contribution >= 0.6 is 0 Å². The number of para-hydroxylation sites is 2. The van der Waals surface area contributed by atoms with Gasteiger partial charge in [0.2, 0.25) is 0 Å². The van der Waals surface area contributed by atoms with Gasteiger partial charge in [0.15, 0.2) is 0 Å². The minimum atomic E-state index is -0.160. The Morgan fingerprint density at radius 3 is 2.19 bits per heavy atom. The molecule has 0 fully saturated rings. The van der Waals surface area contributed by atoms with Crippen LogP contribution in [0.15, 0.2) is 102 Å². The van der Waals surface area contributed by atoms with Crippen molar-refractivity contribution in [2.45, 2.75) is 26.2 Å². The summed E-state index contributed by atoms with van der Waals surface area (Å²) in [4.78, 5) is 0. The second-order valence-electron chi connectivity index (χ2n) is 10.3. The molecule has 0 spiro atoms. The van der Waals surface area contributed by atoms with E-state index in [1.807, 2.05) is 12.2 Å². The SMILES string of the molecule is C=C/C=C\c1oc2ccc3c(c2c1C)C(C)(C)c1cc(-n2c4ccccc4c4ccccc42)ccc1-3. The molecule has 0 N–H and O–H groups in total. The first-order valence-corrected chi connectivity index (χ1v) is 12.5. The van der Waals surface area contributed by atoms with Crippen molar-refractivity contribution in [1.29, 1.82) is 0 Å². The van der Waals surface area contributed by atoms with Gasteiger partial charge >= 0.3 is 0 Å². The molecule has 2 aromatic heterocycles. The number of hydrogen-bond acceptors (Lipinski definition) is 1. The lowest BCUT2D eigenvalue weighted by Crippen LogP contribution is -2.16. The van der Waals surface area contributed by atoms with Gasteiger partial charge in [-0.1, -0.05) is 81.1 Å². The summed E-state index contributed by atoms with van der Waals surface area (Å²) in [6.07, 6.45) is 5.72. The Bertz CT molecular complexity index is 1840. The summed E-state index contributed by atoms with van der Waals surface area (Å²) in [5.41, 5.74) is 11.0. The third kappa shape index (κ3) is 2.67. The molecule has 1 aliphatic carbocycles. The molecule has 2 heterocycles. The van der Waals surface area contributed by atoms with Gasteiger partial charge in [-0.2, -0.15) is 0 Å². The zero-order chi connectivity index (χ0) is 24.6. The van der Waals surface area contributed by atoms with Crippen LogP contribution in [0.1, 0.15) is 36.3 Å². The smallest absolute Gasteiger partial charge is 0.135 e. The number of rotatable bonds is 3. The molecule has 1 aliphatic rings. The maximum atomic E-state index is 6.26. The normalized spacial score (nSPS) is 14.2. The third-order valence-electron chi connectivity index (χ3n) is 7.95. The van der Waals surface area contributed by atoms with E-state index in [1.54, 1.807) is 6.08 Å².